The molecule has 1 unspecified atom stereocenters. The lowest BCUT2D eigenvalue weighted by Crippen LogP contribution is -2.25. The summed E-state index contributed by atoms with van der Waals surface area (Å²) >= 11 is 2.72. The molecule has 2 aromatic rings. The van der Waals surface area contributed by atoms with E-state index in [1.165, 1.54) is 28.0 Å². The van der Waals surface area contributed by atoms with Crippen molar-refractivity contribution in [3.8, 4) is 6.07 Å². The lowest BCUT2D eigenvalue weighted by molar-refractivity contribution is -0.115. The van der Waals surface area contributed by atoms with Crippen LogP contribution in [0.2, 0.25) is 0 Å². The molecule has 2 heterocycles. The van der Waals surface area contributed by atoms with Gasteiger partial charge in [0.05, 0.1) is 16.6 Å². The zero-order valence-corrected chi connectivity index (χ0v) is 16.8. The molecule has 1 atom stereocenters. The van der Waals surface area contributed by atoms with Gasteiger partial charge in [0, 0.05) is 10.9 Å². The Balaban J connectivity index is 1.53. The van der Waals surface area contributed by atoms with Gasteiger partial charge in [0.1, 0.15) is 16.8 Å². The van der Waals surface area contributed by atoms with Crippen LogP contribution in [0.25, 0.3) is 0 Å². The molecule has 3 rings (SSSR count). The van der Waals surface area contributed by atoms with E-state index in [4.69, 9.17) is 4.52 Å². The number of hydrogen-bond acceptors (Lipinski definition) is 7. The van der Waals surface area contributed by atoms with Gasteiger partial charge < -0.3 is 15.2 Å². The van der Waals surface area contributed by atoms with Crippen molar-refractivity contribution in [2.45, 2.75) is 44.8 Å². The van der Waals surface area contributed by atoms with Crippen molar-refractivity contribution in [1.29, 1.82) is 5.26 Å². The van der Waals surface area contributed by atoms with E-state index in [0.29, 0.717) is 22.1 Å². The smallest absolute Gasteiger partial charge is 0.238 e. The molecule has 0 saturated carbocycles. The molecule has 0 radical (unpaired) electrons. The molecule has 0 bridgehead atoms. The third kappa shape index (κ3) is 4.70. The number of hydrogen-bond donors (Lipinski definition) is 2. The number of anilines is 2. The predicted octanol–water partition coefficient (Wildman–Crippen LogP) is 3.49. The Morgan fingerprint density at radius 1 is 1.41 bits per heavy atom. The SMILES string of the molecule is Cc1cc(NC(=O)C(C)SCC(=O)Nc2sc3c(c2C#N)CCCC3)no1. The van der Waals surface area contributed by atoms with Crippen LogP contribution >= 0.6 is 23.1 Å². The summed E-state index contributed by atoms with van der Waals surface area (Å²) in [6.45, 7) is 3.47. The van der Waals surface area contributed by atoms with Gasteiger partial charge in [0.25, 0.3) is 0 Å². The van der Waals surface area contributed by atoms with Gasteiger partial charge in [-0.2, -0.15) is 5.26 Å². The van der Waals surface area contributed by atoms with Crippen molar-refractivity contribution in [2.75, 3.05) is 16.4 Å². The quantitative estimate of drug-likeness (QED) is 0.763. The molecular weight excluding hydrogens is 384 g/mol. The molecule has 27 heavy (non-hydrogen) atoms. The first-order valence-corrected chi connectivity index (χ1v) is 10.5. The Hall–Kier alpha value is -2.31. The normalized spacial score (nSPS) is 14.1. The van der Waals surface area contributed by atoms with Crippen LogP contribution in [-0.2, 0) is 22.4 Å². The highest BCUT2D eigenvalue weighted by atomic mass is 32.2. The van der Waals surface area contributed by atoms with Gasteiger partial charge in [-0.1, -0.05) is 5.16 Å². The van der Waals surface area contributed by atoms with Gasteiger partial charge in [-0.05, 0) is 45.1 Å². The molecule has 1 aliphatic carbocycles. The van der Waals surface area contributed by atoms with E-state index in [2.05, 4.69) is 21.9 Å². The fourth-order valence-corrected chi connectivity index (χ4v) is 4.80. The molecule has 0 spiro atoms. The van der Waals surface area contributed by atoms with E-state index in [1.54, 1.807) is 19.9 Å². The monoisotopic (exact) mass is 404 g/mol. The lowest BCUT2D eigenvalue weighted by Gasteiger charge is -2.10. The second-order valence-corrected chi connectivity index (χ2v) is 8.77. The first-order valence-electron chi connectivity index (χ1n) is 8.68. The second kappa shape index (κ2) is 8.59. The van der Waals surface area contributed by atoms with E-state index in [0.717, 1.165) is 31.2 Å². The summed E-state index contributed by atoms with van der Waals surface area (Å²) in [5.74, 6) is 0.631. The summed E-state index contributed by atoms with van der Waals surface area (Å²) in [5, 5.41) is 18.8. The Bertz CT molecular complexity index is 897. The first kappa shape index (κ1) is 19.5. The molecular formula is C18H20N4O3S2. The minimum Gasteiger partial charge on any atom is -0.360 e. The summed E-state index contributed by atoms with van der Waals surface area (Å²) in [4.78, 5) is 25.6. The first-order chi connectivity index (χ1) is 13.0. The lowest BCUT2D eigenvalue weighted by atomic mass is 9.96. The summed E-state index contributed by atoms with van der Waals surface area (Å²) in [6.07, 6.45) is 4.08. The zero-order chi connectivity index (χ0) is 19.4. The number of nitrogens with zero attached hydrogens (tertiary/aromatic N) is 2. The standard InChI is InChI=1S/C18H20N4O3S2/c1-10-7-15(22-25-10)20-17(24)11(2)26-9-16(23)21-18-13(8-19)12-5-3-4-6-14(12)27-18/h7,11H,3-6,9H2,1-2H3,(H,21,23)(H,20,22,24). The van der Waals surface area contributed by atoms with Gasteiger partial charge in [-0.15, -0.1) is 23.1 Å². The van der Waals surface area contributed by atoms with Crippen molar-refractivity contribution in [2.24, 2.45) is 0 Å². The molecule has 2 amide bonds. The van der Waals surface area contributed by atoms with Gasteiger partial charge in [0.2, 0.25) is 11.8 Å². The predicted molar refractivity (Wildman–Crippen MR) is 106 cm³/mol. The van der Waals surface area contributed by atoms with Crippen molar-refractivity contribution in [3.05, 3.63) is 27.8 Å². The van der Waals surface area contributed by atoms with Crippen LogP contribution < -0.4 is 10.6 Å². The summed E-state index contributed by atoms with van der Waals surface area (Å²) in [6, 6.07) is 3.86. The molecule has 2 N–H and O–H groups in total. The van der Waals surface area contributed by atoms with Crippen molar-refractivity contribution >= 4 is 45.7 Å². The zero-order valence-electron chi connectivity index (χ0n) is 15.1. The van der Waals surface area contributed by atoms with E-state index in [9.17, 15) is 14.9 Å². The molecule has 142 valence electrons. The number of fused-ring (bicyclic) bond motifs is 1. The summed E-state index contributed by atoms with van der Waals surface area (Å²) < 4.78 is 4.91. The van der Waals surface area contributed by atoms with Gasteiger partial charge >= 0.3 is 0 Å². The minimum absolute atomic E-state index is 0.125. The number of thioether (sulfide) groups is 1. The van der Waals surface area contributed by atoms with Crippen LogP contribution in [0.1, 0.15) is 41.5 Å². The maximum atomic E-state index is 12.3. The third-order valence-electron chi connectivity index (χ3n) is 4.25. The Kier molecular flexibility index (Phi) is 6.19. The second-order valence-electron chi connectivity index (χ2n) is 6.34. The Morgan fingerprint density at radius 3 is 2.89 bits per heavy atom. The highest BCUT2D eigenvalue weighted by molar-refractivity contribution is 8.01. The number of thiophene rings is 1. The molecule has 7 nitrogen and oxygen atoms in total. The van der Waals surface area contributed by atoms with Crippen molar-refractivity contribution < 1.29 is 14.1 Å². The van der Waals surface area contributed by atoms with E-state index < -0.39 is 5.25 Å². The van der Waals surface area contributed by atoms with E-state index in [-0.39, 0.29) is 17.6 Å². The fourth-order valence-electron chi connectivity index (χ4n) is 2.86. The average molecular weight is 405 g/mol. The third-order valence-corrected chi connectivity index (χ3v) is 6.60. The fraction of sp³-hybridized carbons (Fsp3) is 0.444. The number of rotatable bonds is 6. The molecule has 0 aromatic carbocycles. The number of aromatic nitrogens is 1. The summed E-state index contributed by atoms with van der Waals surface area (Å²) in [7, 11) is 0. The van der Waals surface area contributed by atoms with Gasteiger partial charge in [-0.25, -0.2) is 0 Å². The highest BCUT2D eigenvalue weighted by Crippen LogP contribution is 2.37. The van der Waals surface area contributed by atoms with Crippen molar-refractivity contribution in [1.82, 2.24) is 5.16 Å². The van der Waals surface area contributed by atoms with Gasteiger partial charge in [0.15, 0.2) is 5.82 Å². The number of nitrogens with one attached hydrogen (secondary N) is 2. The minimum atomic E-state index is -0.431. The number of aryl methyl sites for hydroxylation is 2. The average Bonchev–Trinajstić information content (AvgIpc) is 3.21. The Labute approximate surface area is 165 Å². The van der Waals surface area contributed by atoms with Crippen LogP contribution in [0, 0.1) is 18.3 Å². The number of carbonyl (C=O) groups excluding carboxylic acids is 2. The molecule has 0 saturated heterocycles. The molecule has 0 fully saturated rings. The molecule has 1 aliphatic rings. The Morgan fingerprint density at radius 2 is 2.19 bits per heavy atom. The van der Waals surface area contributed by atoms with Crippen LogP contribution in [0.3, 0.4) is 0 Å². The molecule has 0 aliphatic heterocycles. The largest absolute Gasteiger partial charge is 0.360 e. The maximum Gasteiger partial charge on any atom is 0.238 e. The topological polar surface area (TPSA) is 108 Å². The highest BCUT2D eigenvalue weighted by Gasteiger charge is 2.22. The summed E-state index contributed by atoms with van der Waals surface area (Å²) in [5.41, 5.74) is 1.69. The number of nitriles is 1. The van der Waals surface area contributed by atoms with Crippen LogP contribution in [-0.4, -0.2) is 28.0 Å². The van der Waals surface area contributed by atoms with E-state index >= 15 is 0 Å². The van der Waals surface area contributed by atoms with E-state index in [1.807, 2.05) is 0 Å². The molecule has 2 aromatic heterocycles. The van der Waals surface area contributed by atoms with Crippen LogP contribution in [0.5, 0.6) is 0 Å². The van der Waals surface area contributed by atoms with Crippen LogP contribution in [0.15, 0.2) is 10.6 Å². The van der Waals surface area contributed by atoms with Gasteiger partial charge in [-0.3, -0.25) is 9.59 Å². The number of amides is 2. The molecule has 9 heteroatoms. The van der Waals surface area contributed by atoms with Crippen LogP contribution in [0.4, 0.5) is 10.8 Å². The maximum absolute atomic E-state index is 12.3. The van der Waals surface area contributed by atoms with Crippen molar-refractivity contribution in [3.63, 3.8) is 0 Å². The number of carbonyl (C=O) groups is 2.